The number of aromatic nitrogens is 2. The lowest BCUT2D eigenvalue weighted by molar-refractivity contribution is -0.135. The van der Waals surface area contributed by atoms with Crippen LogP contribution in [0.3, 0.4) is 0 Å². The van der Waals surface area contributed by atoms with Gasteiger partial charge in [0.05, 0.1) is 6.61 Å². The Balaban J connectivity index is 1.73. The zero-order chi connectivity index (χ0) is 15.7. The van der Waals surface area contributed by atoms with Crippen molar-refractivity contribution >= 4 is 5.91 Å². The summed E-state index contributed by atoms with van der Waals surface area (Å²) in [4.78, 5) is 39.7. The molecule has 1 aromatic rings. The first-order valence-electron chi connectivity index (χ1n) is 7.65. The van der Waals surface area contributed by atoms with Gasteiger partial charge >= 0.3 is 5.69 Å². The van der Waals surface area contributed by atoms with Crippen molar-refractivity contribution in [2.45, 2.75) is 32.7 Å². The fraction of sp³-hybridized carbons (Fsp3) is 0.667. The maximum Gasteiger partial charge on any atom is 0.328 e. The maximum absolute atomic E-state index is 12.5. The van der Waals surface area contributed by atoms with Crippen molar-refractivity contribution in [2.75, 3.05) is 26.3 Å². The van der Waals surface area contributed by atoms with E-state index in [9.17, 15) is 14.4 Å². The predicted molar refractivity (Wildman–Crippen MR) is 79.7 cm³/mol. The molecule has 1 atom stereocenters. The zero-order valence-corrected chi connectivity index (χ0v) is 12.8. The van der Waals surface area contributed by atoms with E-state index < -0.39 is 11.2 Å². The fourth-order valence-electron chi connectivity index (χ4n) is 3.37. The Hall–Kier alpha value is -1.89. The van der Waals surface area contributed by atoms with Crippen molar-refractivity contribution in [1.82, 2.24) is 14.5 Å². The van der Waals surface area contributed by atoms with E-state index in [0.717, 1.165) is 32.4 Å². The Morgan fingerprint density at radius 3 is 2.95 bits per heavy atom. The van der Waals surface area contributed by atoms with Crippen LogP contribution in [0.25, 0.3) is 0 Å². The number of likely N-dealkylation sites (tertiary alicyclic amines) is 1. The summed E-state index contributed by atoms with van der Waals surface area (Å²) in [7, 11) is 0. The van der Waals surface area contributed by atoms with Gasteiger partial charge in [-0.15, -0.1) is 0 Å². The predicted octanol–water partition coefficient (Wildman–Crippen LogP) is -0.126. The van der Waals surface area contributed by atoms with Gasteiger partial charge in [-0.25, -0.2) is 4.79 Å². The number of H-pyrrole nitrogens is 1. The number of aryl methyl sites for hydroxylation is 1. The third-order valence-corrected chi connectivity index (χ3v) is 4.69. The quantitative estimate of drug-likeness (QED) is 0.825. The SMILES string of the molecule is Cc1cn(CC(=O)N2CCC[C@]3(CCOC3)C2)c(=O)[nH]c1=O. The van der Waals surface area contributed by atoms with Crippen molar-refractivity contribution in [3.05, 3.63) is 32.6 Å². The van der Waals surface area contributed by atoms with E-state index in [-0.39, 0.29) is 17.9 Å². The van der Waals surface area contributed by atoms with E-state index in [1.165, 1.54) is 10.8 Å². The Morgan fingerprint density at radius 1 is 1.41 bits per heavy atom. The topological polar surface area (TPSA) is 84.4 Å². The van der Waals surface area contributed by atoms with Gasteiger partial charge in [-0.05, 0) is 26.2 Å². The number of carbonyl (C=O) groups is 1. The third-order valence-electron chi connectivity index (χ3n) is 4.69. The summed E-state index contributed by atoms with van der Waals surface area (Å²) < 4.78 is 6.77. The summed E-state index contributed by atoms with van der Waals surface area (Å²) in [5.41, 5.74) is -0.430. The van der Waals surface area contributed by atoms with E-state index in [2.05, 4.69) is 4.98 Å². The number of nitrogens with one attached hydrogen (secondary N) is 1. The molecule has 3 rings (SSSR count). The molecule has 0 radical (unpaired) electrons. The van der Waals surface area contributed by atoms with Gasteiger partial charge in [0.25, 0.3) is 5.56 Å². The molecule has 0 aromatic carbocycles. The Kier molecular flexibility index (Phi) is 3.90. The number of aromatic amines is 1. The van der Waals surface area contributed by atoms with Gasteiger partial charge in [-0.3, -0.25) is 19.1 Å². The minimum Gasteiger partial charge on any atom is -0.381 e. The van der Waals surface area contributed by atoms with Crippen LogP contribution in [0.15, 0.2) is 15.8 Å². The number of ether oxygens (including phenoxy) is 1. The van der Waals surface area contributed by atoms with Crippen LogP contribution in [0.2, 0.25) is 0 Å². The van der Waals surface area contributed by atoms with E-state index in [1.54, 1.807) is 6.92 Å². The summed E-state index contributed by atoms with van der Waals surface area (Å²) in [5.74, 6) is -0.0838. The first-order valence-corrected chi connectivity index (χ1v) is 7.65. The average Bonchev–Trinajstić information content (AvgIpc) is 2.92. The molecule has 7 nitrogen and oxygen atoms in total. The monoisotopic (exact) mass is 307 g/mol. The second kappa shape index (κ2) is 5.72. The van der Waals surface area contributed by atoms with Gasteiger partial charge in [0, 0.05) is 36.9 Å². The molecule has 22 heavy (non-hydrogen) atoms. The van der Waals surface area contributed by atoms with Crippen LogP contribution in [0.4, 0.5) is 0 Å². The summed E-state index contributed by atoms with van der Waals surface area (Å²) in [6.07, 6.45) is 4.50. The molecular formula is C15H21N3O4. The van der Waals surface area contributed by atoms with Crippen molar-refractivity contribution < 1.29 is 9.53 Å². The number of hydrogen-bond acceptors (Lipinski definition) is 4. The number of rotatable bonds is 2. The molecule has 2 aliphatic rings. The molecule has 1 aromatic heterocycles. The van der Waals surface area contributed by atoms with Crippen LogP contribution in [-0.4, -0.2) is 46.7 Å². The van der Waals surface area contributed by atoms with Gasteiger partial charge in [-0.1, -0.05) is 0 Å². The summed E-state index contributed by atoms with van der Waals surface area (Å²) in [6.45, 7) is 4.48. The minimum absolute atomic E-state index is 0.0343. The Labute approximate surface area is 127 Å². The van der Waals surface area contributed by atoms with Crippen molar-refractivity contribution in [1.29, 1.82) is 0 Å². The lowest BCUT2D eigenvalue weighted by Crippen LogP contribution is -2.48. The molecule has 1 spiro atoms. The second-order valence-electron chi connectivity index (χ2n) is 6.42. The third kappa shape index (κ3) is 2.85. The number of nitrogens with zero attached hydrogens (tertiary/aromatic N) is 2. The highest BCUT2D eigenvalue weighted by molar-refractivity contribution is 5.76. The van der Waals surface area contributed by atoms with Crippen LogP contribution in [-0.2, 0) is 16.1 Å². The molecule has 120 valence electrons. The van der Waals surface area contributed by atoms with E-state index in [1.807, 2.05) is 4.90 Å². The molecule has 2 fully saturated rings. The van der Waals surface area contributed by atoms with Crippen molar-refractivity contribution in [3.63, 3.8) is 0 Å². The van der Waals surface area contributed by atoms with Crippen molar-refractivity contribution in [3.8, 4) is 0 Å². The molecule has 1 amide bonds. The second-order valence-corrected chi connectivity index (χ2v) is 6.42. The van der Waals surface area contributed by atoms with Crippen LogP contribution in [0.1, 0.15) is 24.8 Å². The molecule has 0 bridgehead atoms. The summed E-state index contributed by atoms with van der Waals surface area (Å²) >= 11 is 0. The average molecular weight is 307 g/mol. The molecule has 1 N–H and O–H groups in total. The number of piperidine rings is 1. The smallest absolute Gasteiger partial charge is 0.328 e. The molecule has 2 saturated heterocycles. The lowest BCUT2D eigenvalue weighted by atomic mass is 9.79. The van der Waals surface area contributed by atoms with Crippen LogP contribution < -0.4 is 11.2 Å². The van der Waals surface area contributed by atoms with Crippen LogP contribution in [0, 0.1) is 12.3 Å². The van der Waals surface area contributed by atoms with E-state index in [0.29, 0.717) is 18.7 Å². The molecule has 3 heterocycles. The Morgan fingerprint density at radius 2 is 2.23 bits per heavy atom. The van der Waals surface area contributed by atoms with Crippen molar-refractivity contribution in [2.24, 2.45) is 5.41 Å². The van der Waals surface area contributed by atoms with Gasteiger partial charge in [0.1, 0.15) is 6.54 Å². The first kappa shape index (κ1) is 15.0. The molecule has 2 aliphatic heterocycles. The first-order chi connectivity index (χ1) is 10.5. The van der Waals surface area contributed by atoms with E-state index >= 15 is 0 Å². The Bertz CT molecular complexity index is 685. The van der Waals surface area contributed by atoms with E-state index in [4.69, 9.17) is 4.74 Å². The minimum atomic E-state index is -0.542. The molecular weight excluding hydrogens is 286 g/mol. The van der Waals surface area contributed by atoms with Crippen LogP contribution in [0.5, 0.6) is 0 Å². The highest BCUT2D eigenvalue weighted by atomic mass is 16.5. The van der Waals surface area contributed by atoms with Gasteiger partial charge < -0.3 is 9.64 Å². The molecule has 0 unspecified atom stereocenters. The summed E-state index contributed by atoms with van der Waals surface area (Å²) in [5, 5.41) is 0. The fourth-order valence-corrected chi connectivity index (χ4v) is 3.37. The number of hydrogen-bond donors (Lipinski definition) is 1. The highest BCUT2D eigenvalue weighted by Gasteiger charge is 2.40. The standard InChI is InChI=1S/C15H21N3O4/c1-11-7-18(14(21)16-13(11)20)8-12(19)17-5-2-3-15(9-17)4-6-22-10-15/h7H,2-6,8-10H2,1H3,(H,16,20,21)/t15-/m0/s1. The molecule has 0 saturated carbocycles. The van der Waals surface area contributed by atoms with Crippen LogP contribution >= 0.6 is 0 Å². The van der Waals surface area contributed by atoms with Gasteiger partial charge in [0.2, 0.25) is 5.91 Å². The maximum atomic E-state index is 12.5. The molecule has 0 aliphatic carbocycles. The zero-order valence-electron chi connectivity index (χ0n) is 12.8. The highest BCUT2D eigenvalue weighted by Crippen LogP contribution is 2.37. The lowest BCUT2D eigenvalue weighted by Gasteiger charge is -2.39. The largest absolute Gasteiger partial charge is 0.381 e. The summed E-state index contributed by atoms with van der Waals surface area (Å²) in [6, 6.07) is 0. The van der Waals surface area contributed by atoms with Gasteiger partial charge in [-0.2, -0.15) is 0 Å². The number of amides is 1. The van der Waals surface area contributed by atoms with Gasteiger partial charge in [0.15, 0.2) is 0 Å². The number of carbonyl (C=O) groups excluding carboxylic acids is 1. The molecule has 7 heteroatoms. The normalized spacial score (nSPS) is 24.9.